The molecule has 164 valence electrons. The Bertz CT molecular complexity index is 1030. The molecule has 0 atom stereocenters. The second-order valence-electron chi connectivity index (χ2n) is 7.40. The third-order valence-corrected chi connectivity index (χ3v) is 7.95. The van der Waals surface area contributed by atoms with Gasteiger partial charge < -0.3 is 19.1 Å². The van der Waals surface area contributed by atoms with Gasteiger partial charge in [0.2, 0.25) is 10.0 Å². The fourth-order valence-corrected chi connectivity index (χ4v) is 5.88. The summed E-state index contributed by atoms with van der Waals surface area (Å²) >= 11 is 0. The summed E-state index contributed by atoms with van der Waals surface area (Å²) in [5, 5.41) is 0. The van der Waals surface area contributed by atoms with Crippen LogP contribution < -0.4 is 19.1 Å². The van der Waals surface area contributed by atoms with Crippen LogP contribution in [0.25, 0.3) is 0 Å². The van der Waals surface area contributed by atoms with Gasteiger partial charge in [-0.1, -0.05) is 0 Å². The summed E-state index contributed by atoms with van der Waals surface area (Å²) in [4.78, 5) is 2.53. The number of piperazine rings is 1. The number of hydrogen-bond acceptors (Lipinski definition) is 6. The molecule has 2 aromatic carbocycles. The van der Waals surface area contributed by atoms with Crippen molar-refractivity contribution in [2.24, 2.45) is 0 Å². The SMILES string of the molecule is COc1ccc(N2CCN(S(=O)(=O)c3c(C)cc(OC)c(C)c3C)CC2)c(OC)c1. The Morgan fingerprint density at radius 2 is 1.43 bits per heavy atom. The molecule has 1 saturated heterocycles. The van der Waals surface area contributed by atoms with Crippen molar-refractivity contribution in [3.05, 3.63) is 41.0 Å². The molecule has 0 bridgehead atoms. The third kappa shape index (κ3) is 3.94. The molecule has 0 amide bonds. The van der Waals surface area contributed by atoms with Crippen LogP contribution >= 0.6 is 0 Å². The van der Waals surface area contributed by atoms with Crippen LogP contribution in [0, 0.1) is 20.8 Å². The smallest absolute Gasteiger partial charge is 0.243 e. The molecular weight excluding hydrogens is 404 g/mol. The zero-order valence-corrected chi connectivity index (χ0v) is 19.3. The molecule has 0 spiro atoms. The molecule has 7 nitrogen and oxygen atoms in total. The highest BCUT2D eigenvalue weighted by atomic mass is 32.2. The summed E-state index contributed by atoms with van der Waals surface area (Å²) in [6, 6.07) is 7.47. The first-order valence-corrected chi connectivity index (χ1v) is 11.3. The Balaban J connectivity index is 1.84. The summed E-state index contributed by atoms with van der Waals surface area (Å²) in [5.41, 5.74) is 3.23. The van der Waals surface area contributed by atoms with E-state index in [2.05, 4.69) is 4.90 Å². The lowest BCUT2D eigenvalue weighted by Crippen LogP contribution is -2.49. The number of methoxy groups -OCH3 is 3. The topological polar surface area (TPSA) is 68.3 Å². The Labute approximate surface area is 179 Å². The Morgan fingerprint density at radius 3 is 2.00 bits per heavy atom. The van der Waals surface area contributed by atoms with E-state index in [-0.39, 0.29) is 0 Å². The first kappa shape index (κ1) is 22.2. The fourth-order valence-electron chi connectivity index (χ4n) is 3.97. The zero-order valence-electron chi connectivity index (χ0n) is 18.5. The van der Waals surface area contributed by atoms with Crippen molar-refractivity contribution < 1.29 is 22.6 Å². The molecule has 0 saturated carbocycles. The van der Waals surface area contributed by atoms with Gasteiger partial charge in [-0.25, -0.2) is 8.42 Å². The lowest BCUT2D eigenvalue weighted by atomic mass is 10.1. The highest BCUT2D eigenvalue weighted by Crippen LogP contribution is 2.35. The number of nitrogens with zero attached hydrogens (tertiary/aromatic N) is 2. The summed E-state index contributed by atoms with van der Waals surface area (Å²) in [7, 11) is 1.23. The van der Waals surface area contributed by atoms with Crippen LogP contribution in [0.4, 0.5) is 5.69 Å². The molecular formula is C22H30N2O5S. The Kier molecular flexibility index (Phi) is 6.47. The van der Waals surface area contributed by atoms with Crippen LogP contribution in [0.1, 0.15) is 16.7 Å². The summed E-state index contributed by atoms with van der Waals surface area (Å²) in [6.45, 7) is 7.52. The number of ether oxygens (including phenoxy) is 3. The molecule has 1 heterocycles. The van der Waals surface area contributed by atoms with Gasteiger partial charge in [-0.3, -0.25) is 0 Å². The molecule has 1 aliphatic heterocycles. The molecule has 8 heteroatoms. The van der Waals surface area contributed by atoms with Gasteiger partial charge in [0, 0.05) is 32.2 Å². The molecule has 0 N–H and O–H groups in total. The van der Waals surface area contributed by atoms with Crippen molar-refractivity contribution in [3.8, 4) is 17.2 Å². The van der Waals surface area contributed by atoms with Crippen LogP contribution in [0.3, 0.4) is 0 Å². The minimum atomic E-state index is -3.60. The number of aryl methyl sites for hydroxylation is 1. The quantitative estimate of drug-likeness (QED) is 0.696. The van der Waals surface area contributed by atoms with Gasteiger partial charge in [0.25, 0.3) is 0 Å². The van der Waals surface area contributed by atoms with Crippen LogP contribution in [0.5, 0.6) is 17.2 Å². The fraction of sp³-hybridized carbons (Fsp3) is 0.455. The summed E-state index contributed by atoms with van der Waals surface area (Å²) in [5.74, 6) is 2.14. The summed E-state index contributed by atoms with van der Waals surface area (Å²) < 4.78 is 44.6. The van der Waals surface area contributed by atoms with Crippen molar-refractivity contribution >= 4 is 15.7 Å². The minimum Gasteiger partial charge on any atom is -0.497 e. The van der Waals surface area contributed by atoms with E-state index in [0.717, 1.165) is 22.6 Å². The van der Waals surface area contributed by atoms with E-state index in [9.17, 15) is 8.42 Å². The maximum absolute atomic E-state index is 13.5. The lowest BCUT2D eigenvalue weighted by molar-refractivity contribution is 0.375. The maximum Gasteiger partial charge on any atom is 0.243 e. The predicted molar refractivity (Wildman–Crippen MR) is 118 cm³/mol. The highest BCUT2D eigenvalue weighted by molar-refractivity contribution is 7.89. The van der Waals surface area contributed by atoms with Crippen LogP contribution in [-0.2, 0) is 10.0 Å². The molecule has 30 heavy (non-hydrogen) atoms. The maximum atomic E-state index is 13.5. The minimum absolute atomic E-state index is 0.385. The first-order valence-electron chi connectivity index (χ1n) is 9.86. The van der Waals surface area contributed by atoms with Crippen LogP contribution in [-0.4, -0.2) is 60.2 Å². The largest absolute Gasteiger partial charge is 0.497 e. The Morgan fingerprint density at radius 1 is 0.800 bits per heavy atom. The van der Waals surface area contributed by atoms with Gasteiger partial charge in [-0.15, -0.1) is 0 Å². The first-order chi connectivity index (χ1) is 14.2. The predicted octanol–water partition coefficient (Wildman–Crippen LogP) is 3.15. The van der Waals surface area contributed by atoms with Gasteiger partial charge in [-0.2, -0.15) is 4.31 Å². The molecule has 1 aliphatic rings. The molecule has 1 fully saturated rings. The summed E-state index contributed by atoms with van der Waals surface area (Å²) in [6.07, 6.45) is 0. The van der Waals surface area contributed by atoms with E-state index in [4.69, 9.17) is 14.2 Å². The van der Waals surface area contributed by atoms with E-state index >= 15 is 0 Å². The molecule has 2 aromatic rings. The highest BCUT2D eigenvalue weighted by Gasteiger charge is 2.32. The van der Waals surface area contributed by atoms with Gasteiger partial charge in [0.15, 0.2) is 0 Å². The van der Waals surface area contributed by atoms with Gasteiger partial charge >= 0.3 is 0 Å². The Hall–Kier alpha value is -2.45. The van der Waals surface area contributed by atoms with Crippen molar-refractivity contribution in [1.29, 1.82) is 0 Å². The standard InChI is InChI=1S/C22H30N2O5S/c1-15-13-20(28-5)16(2)17(3)22(15)30(25,26)24-11-9-23(10-12-24)19-8-7-18(27-4)14-21(19)29-6/h7-8,13-14H,9-12H2,1-6H3. The van der Waals surface area contributed by atoms with Crippen molar-refractivity contribution in [2.45, 2.75) is 25.7 Å². The van der Waals surface area contributed by atoms with Crippen LogP contribution in [0.2, 0.25) is 0 Å². The molecule has 3 rings (SSSR count). The lowest BCUT2D eigenvalue weighted by Gasteiger charge is -2.36. The van der Waals surface area contributed by atoms with E-state index in [1.54, 1.807) is 31.7 Å². The number of hydrogen-bond donors (Lipinski definition) is 0. The van der Waals surface area contributed by atoms with Crippen molar-refractivity contribution in [3.63, 3.8) is 0 Å². The monoisotopic (exact) mass is 434 g/mol. The van der Waals surface area contributed by atoms with Crippen molar-refractivity contribution in [2.75, 3.05) is 52.4 Å². The van der Waals surface area contributed by atoms with Crippen LogP contribution in [0.15, 0.2) is 29.2 Å². The van der Waals surface area contributed by atoms with Crippen molar-refractivity contribution in [1.82, 2.24) is 4.31 Å². The average Bonchev–Trinajstić information content (AvgIpc) is 2.75. The van der Waals surface area contributed by atoms with Gasteiger partial charge in [0.05, 0.1) is 31.9 Å². The molecule has 0 radical (unpaired) electrons. The zero-order chi connectivity index (χ0) is 22.1. The van der Waals surface area contributed by atoms with E-state index in [1.165, 1.54) is 0 Å². The van der Waals surface area contributed by atoms with E-state index in [0.29, 0.717) is 48.1 Å². The van der Waals surface area contributed by atoms with Gasteiger partial charge in [0.1, 0.15) is 17.2 Å². The number of benzene rings is 2. The van der Waals surface area contributed by atoms with E-state index in [1.807, 2.05) is 39.0 Å². The molecule has 0 aromatic heterocycles. The third-order valence-electron chi connectivity index (χ3n) is 5.76. The normalized spacial score (nSPS) is 15.2. The van der Waals surface area contributed by atoms with E-state index < -0.39 is 10.0 Å². The second-order valence-corrected chi connectivity index (χ2v) is 9.28. The number of sulfonamides is 1. The molecule has 0 aliphatic carbocycles. The van der Waals surface area contributed by atoms with Gasteiger partial charge in [-0.05, 0) is 55.7 Å². The number of anilines is 1. The average molecular weight is 435 g/mol. The number of rotatable bonds is 6. The second kappa shape index (κ2) is 8.73. The molecule has 0 unspecified atom stereocenters.